The average molecular weight is 393 g/mol. The molecule has 0 saturated heterocycles. The van der Waals surface area contributed by atoms with Crippen LogP contribution in [0.15, 0.2) is 84.9 Å². The second-order valence-corrected chi connectivity index (χ2v) is 8.04. The number of hydrogen-bond acceptors (Lipinski definition) is 2. The van der Waals surface area contributed by atoms with E-state index < -0.39 is 0 Å². The van der Waals surface area contributed by atoms with Crippen LogP contribution in [-0.4, -0.2) is 11.0 Å². The maximum Gasteiger partial charge on any atom is 0.228 e. The van der Waals surface area contributed by atoms with Crippen LogP contribution >= 0.6 is 0 Å². The number of aryl methyl sites for hydroxylation is 1. The molecule has 1 aliphatic heterocycles. The van der Waals surface area contributed by atoms with Gasteiger partial charge >= 0.3 is 0 Å². The van der Waals surface area contributed by atoms with Gasteiger partial charge in [-0.1, -0.05) is 72.3 Å². The molecule has 30 heavy (non-hydrogen) atoms. The molecule has 4 aromatic carbocycles. The van der Waals surface area contributed by atoms with Crippen molar-refractivity contribution in [2.75, 3.05) is 4.90 Å². The summed E-state index contributed by atoms with van der Waals surface area (Å²) in [6, 6.07) is 28.1. The first-order chi connectivity index (χ1) is 14.6. The second-order valence-electron chi connectivity index (χ2n) is 8.04. The van der Waals surface area contributed by atoms with Crippen molar-refractivity contribution in [3.05, 3.63) is 107 Å². The molecule has 0 radical (unpaired) electrons. The number of amides is 1. The molecule has 0 aliphatic carbocycles. The van der Waals surface area contributed by atoms with Gasteiger partial charge in [-0.3, -0.25) is 4.79 Å². The molecule has 1 amide bonds. The Morgan fingerprint density at radius 2 is 1.73 bits per heavy atom. The molecule has 3 nitrogen and oxygen atoms in total. The molecular weight excluding hydrogens is 370 g/mol. The van der Waals surface area contributed by atoms with Crippen LogP contribution < -0.4 is 4.90 Å². The minimum absolute atomic E-state index is 0.0343. The Labute approximate surface area is 176 Å². The summed E-state index contributed by atoms with van der Waals surface area (Å²) in [6.45, 7) is 2.64. The number of hydrogen-bond donors (Lipinski definition) is 1. The van der Waals surface area contributed by atoms with E-state index in [1.165, 1.54) is 21.9 Å². The average Bonchev–Trinajstić information content (AvgIpc) is 2.76. The summed E-state index contributed by atoms with van der Waals surface area (Å²) in [4.78, 5) is 15.2. The highest BCUT2D eigenvalue weighted by Gasteiger charge is 2.33. The standard InChI is InChI=1S/C27H23NO2/c1-18-5-4-6-19(15-18)17-28-25-14-11-20-7-2-3-8-23(20)27(25)24(16-26(28)30)21-9-12-22(29)13-10-21/h2-15,24,29H,16-17H2,1H3. The molecule has 3 heteroatoms. The third-order valence-corrected chi connectivity index (χ3v) is 5.99. The predicted molar refractivity (Wildman–Crippen MR) is 121 cm³/mol. The number of carbonyl (C=O) groups excluding carboxylic acids is 1. The number of nitrogens with zero attached hydrogens (tertiary/aromatic N) is 1. The molecule has 148 valence electrons. The van der Waals surface area contributed by atoms with Gasteiger partial charge in [0.1, 0.15) is 5.75 Å². The Balaban J connectivity index is 1.68. The van der Waals surface area contributed by atoms with E-state index in [0.29, 0.717) is 13.0 Å². The number of aromatic hydroxyl groups is 1. The first-order valence-corrected chi connectivity index (χ1v) is 10.3. The van der Waals surface area contributed by atoms with E-state index in [9.17, 15) is 9.90 Å². The van der Waals surface area contributed by atoms with E-state index in [-0.39, 0.29) is 17.6 Å². The summed E-state index contributed by atoms with van der Waals surface area (Å²) >= 11 is 0. The van der Waals surface area contributed by atoms with Crippen molar-refractivity contribution in [1.29, 1.82) is 0 Å². The Morgan fingerprint density at radius 3 is 2.53 bits per heavy atom. The van der Waals surface area contributed by atoms with Crippen molar-refractivity contribution in [2.45, 2.75) is 25.8 Å². The maximum atomic E-state index is 13.3. The molecule has 0 fully saturated rings. The summed E-state index contributed by atoms with van der Waals surface area (Å²) in [7, 11) is 0. The van der Waals surface area contributed by atoms with Crippen LogP contribution in [-0.2, 0) is 11.3 Å². The molecular formula is C27H23NO2. The van der Waals surface area contributed by atoms with Gasteiger partial charge in [0.15, 0.2) is 0 Å². The molecule has 1 unspecified atom stereocenters. The van der Waals surface area contributed by atoms with Crippen LogP contribution in [0.5, 0.6) is 5.75 Å². The zero-order valence-corrected chi connectivity index (χ0v) is 16.9. The Bertz CT molecular complexity index is 1240. The zero-order valence-electron chi connectivity index (χ0n) is 16.9. The number of anilines is 1. The Kier molecular flexibility index (Phi) is 4.51. The fraction of sp³-hybridized carbons (Fsp3) is 0.148. The number of rotatable bonds is 3. The van der Waals surface area contributed by atoms with Crippen LogP contribution in [0.25, 0.3) is 10.8 Å². The van der Waals surface area contributed by atoms with Crippen molar-refractivity contribution < 1.29 is 9.90 Å². The van der Waals surface area contributed by atoms with E-state index in [1.54, 1.807) is 12.1 Å². The van der Waals surface area contributed by atoms with Gasteiger partial charge in [-0.15, -0.1) is 0 Å². The number of benzene rings is 4. The topological polar surface area (TPSA) is 40.5 Å². The lowest BCUT2D eigenvalue weighted by Crippen LogP contribution is -2.36. The number of carbonyl (C=O) groups is 1. The summed E-state index contributed by atoms with van der Waals surface area (Å²) < 4.78 is 0. The minimum Gasteiger partial charge on any atom is -0.508 e. The third kappa shape index (κ3) is 3.22. The van der Waals surface area contributed by atoms with Gasteiger partial charge in [-0.2, -0.15) is 0 Å². The van der Waals surface area contributed by atoms with Gasteiger partial charge in [-0.25, -0.2) is 0 Å². The van der Waals surface area contributed by atoms with E-state index >= 15 is 0 Å². The predicted octanol–water partition coefficient (Wildman–Crippen LogP) is 5.92. The first kappa shape index (κ1) is 18.4. The number of fused-ring (bicyclic) bond motifs is 3. The van der Waals surface area contributed by atoms with Crippen LogP contribution in [0.2, 0.25) is 0 Å². The maximum absolute atomic E-state index is 13.3. The van der Waals surface area contributed by atoms with Crippen molar-refractivity contribution in [3.8, 4) is 5.75 Å². The molecule has 1 heterocycles. The summed E-state index contributed by atoms with van der Waals surface area (Å²) in [5.74, 6) is 0.324. The van der Waals surface area contributed by atoms with Crippen LogP contribution in [0.4, 0.5) is 5.69 Å². The third-order valence-electron chi connectivity index (χ3n) is 5.99. The highest BCUT2D eigenvalue weighted by molar-refractivity contribution is 6.03. The van der Waals surface area contributed by atoms with Crippen LogP contribution in [0.3, 0.4) is 0 Å². The van der Waals surface area contributed by atoms with Gasteiger partial charge in [0, 0.05) is 18.0 Å². The smallest absolute Gasteiger partial charge is 0.228 e. The fourth-order valence-electron chi connectivity index (χ4n) is 4.56. The molecule has 4 aromatic rings. The lowest BCUT2D eigenvalue weighted by Gasteiger charge is -2.35. The van der Waals surface area contributed by atoms with Gasteiger partial charge in [0.2, 0.25) is 5.91 Å². The number of phenolic OH excluding ortho intramolecular Hbond substituents is 1. The van der Waals surface area contributed by atoms with Crippen molar-refractivity contribution in [2.24, 2.45) is 0 Å². The molecule has 5 rings (SSSR count). The molecule has 0 aromatic heterocycles. The summed E-state index contributed by atoms with van der Waals surface area (Å²) in [5.41, 5.74) is 5.53. The van der Waals surface area contributed by atoms with Crippen molar-refractivity contribution in [3.63, 3.8) is 0 Å². The molecule has 1 aliphatic rings. The fourth-order valence-corrected chi connectivity index (χ4v) is 4.56. The molecule has 0 spiro atoms. The highest BCUT2D eigenvalue weighted by Crippen LogP contribution is 2.44. The molecule has 0 bridgehead atoms. The van der Waals surface area contributed by atoms with Crippen LogP contribution in [0.1, 0.15) is 34.6 Å². The lowest BCUT2D eigenvalue weighted by atomic mass is 9.81. The quantitative estimate of drug-likeness (QED) is 0.469. The molecule has 0 saturated carbocycles. The van der Waals surface area contributed by atoms with Crippen LogP contribution in [0, 0.1) is 6.92 Å². The molecule has 1 atom stereocenters. The monoisotopic (exact) mass is 393 g/mol. The lowest BCUT2D eigenvalue weighted by molar-refractivity contribution is -0.119. The largest absolute Gasteiger partial charge is 0.508 e. The van der Waals surface area contributed by atoms with Gasteiger partial charge in [-0.05, 0) is 52.6 Å². The summed E-state index contributed by atoms with van der Waals surface area (Å²) in [6.07, 6.45) is 0.414. The van der Waals surface area contributed by atoms with E-state index in [0.717, 1.165) is 16.8 Å². The van der Waals surface area contributed by atoms with Gasteiger partial charge < -0.3 is 10.0 Å². The Hall–Kier alpha value is -3.59. The minimum atomic E-state index is -0.0343. The van der Waals surface area contributed by atoms with Gasteiger partial charge in [0.25, 0.3) is 0 Å². The zero-order chi connectivity index (χ0) is 20.7. The number of phenols is 1. The van der Waals surface area contributed by atoms with E-state index in [4.69, 9.17) is 0 Å². The van der Waals surface area contributed by atoms with Crippen molar-refractivity contribution >= 4 is 22.4 Å². The second kappa shape index (κ2) is 7.34. The normalized spacial score (nSPS) is 16.0. The molecule has 1 N–H and O–H groups in total. The van der Waals surface area contributed by atoms with E-state index in [1.807, 2.05) is 29.2 Å². The van der Waals surface area contributed by atoms with Crippen molar-refractivity contribution in [1.82, 2.24) is 0 Å². The highest BCUT2D eigenvalue weighted by atomic mass is 16.3. The summed E-state index contributed by atoms with van der Waals surface area (Å²) in [5, 5.41) is 12.1. The first-order valence-electron chi connectivity index (χ1n) is 10.3. The van der Waals surface area contributed by atoms with Gasteiger partial charge in [0.05, 0.1) is 6.54 Å². The Morgan fingerprint density at radius 1 is 0.933 bits per heavy atom. The van der Waals surface area contributed by atoms with E-state index in [2.05, 4.69) is 55.5 Å². The SMILES string of the molecule is Cc1cccc(CN2C(=O)CC(c3ccc(O)cc3)c3c2ccc2ccccc32)c1.